The quantitative estimate of drug-likeness (QED) is 0.342. The van der Waals surface area contributed by atoms with Crippen molar-refractivity contribution in [3.63, 3.8) is 0 Å². The van der Waals surface area contributed by atoms with Gasteiger partial charge in [-0.05, 0) is 123 Å². The lowest BCUT2D eigenvalue weighted by Gasteiger charge is -2.58. The van der Waals surface area contributed by atoms with E-state index in [2.05, 4.69) is 38.1 Å². The number of hydrogen-bond acceptors (Lipinski definition) is 0. The number of rotatable bonds is 9. The van der Waals surface area contributed by atoms with Gasteiger partial charge in [-0.1, -0.05) is 89.5 Å². The first-order valence-electron chi connectivity index (χ1n) is 15.8. The first kappa shape index (κ1) is 24.9. The van der Waals surface area contributed by atoms with Crippen LogP contribution in [-0.2, 0) is 5.41 Å². The zero-order valence-electron chi connectivity index (χ0n) is 22.8. The molecule has 6 rings (SSSR count). The normalized spacial score (nSPS) is 38.2. The lowest BCUT2D eigenvalue weighted by atomic mass is 9.47. The molecule has 0 aromatic heterocycles. The first-order chi connectivity index (χ1) is 16.7. The van der Waals surface area contributed by atoms with Gasteiger partial charge in [0.05, 0.1) is 0 Å². The van der Waals surface area contributed by atoms with Crippen molar-refractivity contribution in [2.24, 2.45) is 23.2 Å². The van der Waals surface area contributed by atoms with Gasteiger partial charge in [0, 0.05) is 0 Å². The van der Waals surface area contributed by atoms with Crippen LogP contribution >= 0.6 is 0 Å². The van der Waals surface area contributed by atoms with E-state index in [1.165, 1.54) is 103 Å². The van der Waals surface area contributed by atoms with Crippen LogP contribution in [0.3, 0.4) is 0 Å². The standard InChI is InChI=1S/C34H54/c1-3-5-7-27-9-13-29(14-10-27)30-15-19-32(20-16-30)34-24-21-33(22-25-34,23-26-34)31-17-11-28(12-18-31)8-6-4-2/h15-16,19-20,27-29,31H,3-14,17-18,21-26H2,1-2H3. The van der Waals surface area contributed by atoms with Crippen molar-refractivity contribution >= 4 is 0 Å². The van der Waals surface area contributed by atoms with Crippen LogP contribution in [0.1, 0.15) is 159 Å². The van der Waals surface area contributed by atoms with Crippen LogP contribution in [0.4, 0.5) is 0 Å². The molecule has 5 aliphatic carbocycles. The first-order valence-corrected chi connectivity index (χ1v) is 15.8. The van der Waals surface area contributed by atoms with Crippen molar-refractivity contribution in [2.75, 3.05) is 0 Å². The van der Waals surface area contributed by atoms with Gasteiger partial charge >= 0.3 is 0 Å². The lowest BCUT2D eigenvalue weighted by molar-refractivity contribution is -0.0294. The molecule has 5 aliphatic rings. The molecule has 0 amide bonds. The number of benzene rings is 1. The molecule has 0 radical (unpaired) electrons. The van der Waals surface area contributed by atoms with Crippen LogP contribution in [0.5, 0.6) is 0 Å². The maximum atomic E-state index is 2.58. The Kier molecular flexibility index (Phi) is 8.12. The Hall–Kier alpha value is -0.780. The minimum Gasteiger partial charge on any atom is -0.0654 e. The summed E-state index contributed by atoms with van der Waals surface area (Å²) in [7, 11) is 0. The summed E-state index contributed by atoms with van der Waals surface area (Å²) in [4.78, 5) is 0. The molecule has 5 fully saturated rings. The molecule has 0 spiro atoms. The largest absolute Gasteiger partial charge is 0.0654 e. The van der Waals surface area contributed by atoms with Gasteiger partial charge in [0.15, 0.2) is 0 Å². The highest BCUT2D eigenvalue weighted by molar-refractivity contribution is 5.33. The van der Waals surface area contributed by atoms with Gasteiger partial charge in [-0.25, -0.2) is 0 Å². The highest BCUT2D eigenvalue weighted by Crippen LogP contribution is 2.62. The maximum absolute atomic E-state index is 2.58. The zero-order valence-corrected chi connectivity index (χ0v) is 22.8. The van der Waals surface area contributed by atoms with Gasteiger partial charge in [0.2, 0.25) is 0 Å². The Morgan fingerprint density at radius 2 is 1.12 bits per heavy atom. The molecule has 0 N–H and O–H groups in total. The van der Waals surface area contributed by atoms with Crippen molar-refractivity contribution in [1.29, 1.82) is 0 Å². The van der Waals surface area contributed by atoms with Crippen LogP contribution in [0.15, 0.2) is 24.3 Å². The average Bonchev–Trinajstić information content (AvgIpc) is 2.92. The molecule has 0 heterocycles. The summed E-state index contributed by atoms with van der Waals surface area (Å²) in [5, 5.41) is 0. The average molecular weight is 463 g/mol. The Morgan fingerprint density at radius 1 is 0.618 bits per heavy atom. The molecular weight excluding hydrogens is 408 g/mol. The van der Waals surface area contributed by atoms with Crippen LogP contribution in [0, 0.1) is 23.2 Å². The molecule has 0 heteroatoms. The third-order valence-corrected chi connectivity index (χ3v) is 11.8. The van der Waals surface area contributed by atoms with Gasteiger partial charge in [-0.15, -0.1) is 0 Å². The second-order valence-electron chi connectivity index (χ2n) is 13.5. The third-order valence-electron chi connectivity index (χ3n) is 11.8. The van der Waals surface area contributed by atoms with Crippen LogP contribution in [-0.4, -0.2) is 0 Å². The smallest absolute Gasteiger partial charge is 0.00463 e. The fourth-order valence-corrected chi connectivity index (χ4v) is 9.20. The Morgan fingerprint density at radius 3 is 1.62 bits per heavy atom. The molecule has 1 aromatic rings. The van der Waals surface area contributed by atoms with Gasteiger partial charge in [-0.3, -0.25) is 0 Å². The molecule has 2 bridgehead atoms. The van der Waals surface area contributed by atoms with Crippen LogP contribution in [0.2, 0.25) is 0 Å². The number of unbranched alkanes of at least 4 members (excludes halogenated alkanes) is 2. The van der Waals surface area contributed by atoms with Crippen LogP contribution < -0.4 is 0 Å². The van der Waals surface area contributed by atoms with Crippen molar-refractivity contribution in [1.82, 2.24) is 0 Å². The van der Waals surface area contributed by atoms with E-state index < -0.39 is 0 Å². The van der Waals surface area contributed by atoms with Crippen molar-refractivity contribution in [3.8, 4) is 0 Å². The second kappa shape index (κ2) is 11.1. The van der Waals surface area contributed by atoms with Gasteiger partial charge in [-0.2, -0.15) is 0 Å². The summed E-state index contributed by atoms with van der Waals surface area (Å²) in [5.74, 6) is 3.97. The highest BCUT2D eigenvalue weighted by Gasteiger charge is 2.52. The Balaban J connectivity index is 1.14. The van der Waals surface area contributed by atoms with Crippen molar-refractivity contribution in [2.45, 2.75) is 154 Å². The summed E-state index contributed by atoms with van der Waals surface area (Å²) in [6, 6.07) is 10.3. The van der Waals surface area contributed by atoms with E-state index in [9.17, 15) is 0 Å². The van der Waals surface area contributed by atoms with E-state index >= 15 is 0 Å². The molecule has 0 nitrogen and oxygen atoms in total. The van der Waals surface area contributed by atoms with Gasteiger partial charge in [0.1, 0.15) is 0 Å². The molecule has 0 saturated heterocycles. The van der Waals surface area contributed by atoms with E-state index in [4.69, 9.17) is 0 Å². The van der Waals surface area contributed by atoms with Crippen molar-refractivity contribution in [3.05, 3.63) is 35.4 Å². The maximum Gasteiger partial charge on any atom is -0.00463 e. The predicted molar refractivity (Wildman–Crippen MR) is 147 cm³/mol. The fourth-order valence-electron chi connectivity index (χ4n) is 9.20. The SMILES string of the molecule is CCCCC1CCC(c2ccc(C34CCC(C5CCC(CCCC)CC5)(CC3)CC4)cc2)CC1. The highest BCUT2D eigenvalue weighted by atomic mass is 14.6. The summed E-state index contributed by atoms with van der Waals surface area (Å²) in [5.41, 5.74) is 4.60. The molecule has 34 heavy (non-hydrogen) atoms. The third kappa shape index (κ3) is 5.18. The molecule has 0 atom stereocenters. The predicted octanol–water partition coefficient (Wildman–Crippen LogP) is 10.7. The van der Waals surface area contributed by atoms with E-state index in [1.807, 2.05) is 0 Å². The lowest BCUT2D eigenvalue weighted by Crippen LogP contribution is -2.48. The monoisotopic (exact) mass is 462 g/mol. The second-order valence-corrected chi connectivity index (χ2v) is 13.5. The zero-order chi connectivity index (χ0) is 23.4. The van der Waals surface area contributed by atoms with E-state index in [0.717, 1.165) is 29.1 Å². The summed E-state index contributed by atoms with van der Waals surface area (Å²) >= 11 is 0. The fraction of sp³-hybridized carbons (Fsp3) is 0.824. The number of hydrogen-bond donors (Lipinski definition) is 0. The van der Waals surface area contributed by atoms with Gasteiger partial charge in [0.25, 0.3) is 0 Å². The minimum atomic E-state index is 0.524. The van der Waals surface area contributed by atoms with Crippen molar-refractivity contribution < 1.29 is 0 Å². The van der Waals surface area contributed by atoms with E-state index in [0.29, 0.717) is 5.41 Å². The molecular formula is C34H54. The summed E-state index contributed by atoms with van der Waals surface area (Å²) < 4.78 is 0. The van der Waals surface area contributed by atoms with E-state index in [-0.39, 0.29) is 0 Å². The Labute approximate surface area is 212 Å². The summed E-state index contributed by atoms with van der Waals surface area (Å²) in [6.45, 7) is 4.69. The minimum absolute atomic E-state index is 0.524. The summed E-state index contributed by atoms with van der Waals surface area (Å²) in [6.07, 6.45) is 29.6. The molecule has 5 saturated carbocycles. The Bertz CT molecular complexity index is 716. The topological polar surface area (TPSA) is 0 Å². The van der Waals surface area contributed by atoms with Crippen LogP contribution in [0.25, 0.3) is 0 Å². The molecule has 190 valence electrons. The molecule has 0 aliphatic heterocycles. The van der Waals surface area contributed by atoms with Gasteiger partial charge < -0.3 is 0 Å². The van der Waals surface area contributed by atoms with E-state index in [1.54, 1.807) is 36.8 Å². The number of fused-ring (bicyclic) bond motifs is 3. The molecule has 1 aromatic carbocycles. The molecule has 0 unspecified atom stereocenters.